The van der Waals surface area contributed by atoms with Gasteiger partial charge in [0, 0.05) is 17.5 Å². The molecule has 0 unspecified atom stereocenters. The Balaban J connectivity index is 1.80. The van der Waals surface area contributed by atoms with Crippen LogP contribution in [0.1, 0.15) is 53.8 Å². The molecule has 0 saturated heterocycles. The van der Waals surface area contributed by atoms with Crippen LogP contribution in [0, 0.1) is 6.92 Å². The number of aryl methyl sites for hydroxylation is 1. The first-order chi connectivity index (χ1) is 10.6. The normalized spacial score (nSPS) is 12.7. The third-order valence-corrected chi connectivity index (χ3v) is 5.28. The van der Waals surface area contributed by atoms with E-state index in [4.69, 9.17) is 0 Å². The maximum absolute atomic E-state index is 12.5. The van der Waals surface area contributed by atoms with Crippen molar-refractivity contribution in [2.45, 2.75) is 39.5 Å². The Bertz CT molecular complexity index is 803. The van der Waals surface area contributed by atoms with Gasteiger partial charge in [-0.1, -0.05) is 31.6 Å². The molecule has 3 aromatic heterocycles. The van der Waals surface area contributed by atoms with Crippen LogP contribution in [-0.4, -0.2) is 25.5 Å². The quantitative estimate of drug-likeness (QED) is 0.771. The van der Waals surface area contributed by atoms with E-state index in [1.54, 1.807) is 4.40 Å². The van der Waals surface area contributed by atoms with E-state index < -0.39 is 0 Å². The van der Waals surface area contributed by atoms with Gasteiger partial charge in [-0.2, -0.15) is 0 Å². The van der Waals surface area contributed by atoms with E-state index in [0.717, 1.165) is 22.8 Å². The molecule has 3 aromatic rings. The van der Waals surface area contributed by atoms with Gasteiger partial charge in [0.1, 0.15) is 10.7 Å². The molecule has 1 atom stereocenters. The Morgan fingerprint density at radius 3 is 3.05 bits per heavy atom. The molecular formula is C14H17N5OS2. The topological polar surface area (TPSA) is 72.2 Å². The molecule has 0 aliphatic carbocycles. The lowest BCUT2D eigenvalue weighted by atomic mass is 10.1. The van der Waals surface area contributed by atoms with Crippen LogP contribution in [0.3, 0.4) is 0 Å². The molecule has 6 nitrogen and oxygen atoms in total. The summed E-state index contributed by atoms with van der Waals surface area (Å²) in [4.78, 5) is 17.7. The number of carbonyl (C=O) groups excluding carboxylic acids is 1. The molecule has 1 amide bonds. The molecule has 0 radical (unpaired) electrons. The van der Waals surface area contributed by atoms with Crippen LogP contribution in [0.25, 0.3) is 4.96 Å². The molecule has 0 fully saturated rings. The molecule has 116 valence electrons. The standard InChI is InChI=1S/C14H17N5OS2/c1-4-5-8(2)12-17-18-13(22-12)16-11(20)10-9(3)15-14-19(10)6-7-21-14/h6-8H,4-5H2,1-3H3,(H,16,18,20)/t8-/m1/s1. The highest BCUT2D eigenvalue weighted by atomic mass is 32.1. The van der Waals surface area contributed by atoms with E-state index in [-0.39, 0.29) is 5.91 Å². The van der Waals surface area contributed by atoms with Gasteiger partial charge < -0.3 is 0 Å². The van der Waals surface area contributed by atoms with Gasteiger partial charge in [0.25, 0.3) is 5.91 Å². The molecule has 8 heteroatoms. The minimum atomic E-state index is -0.200. The summed E-state index contributed by atoms with van der Waals surface area (Å²) in [5.74, 6) is 0.169. The van der Waals surface area contributed by atoms with Crippen molar-refractivity contribution in [3.63, 3.8) is 0 Å². The number of hydrogen-bond acceptors (Lipinski definition) is 6. The molecule has 0 spiro atoms. The molecule has 0 saturated carbocycles. The summed E-state index contributed by atoms with van der Waals surface area (Å²) in [5, 5.41) is 14.5. The average Bonchev–Trinajstić information content (AvgIpc) is 3.14. The number of fused-ring (bicyclic) bond motifs is 1. The van der Waals surface area contributed by atoms with Crippen molar-refractivity contribution in [2.75, 3.05) is 5.32 Å². The Morgan fingerprint density at radius 1 is 1.45 bits per heavy atom. The number of amides is 1. The van der Waals surface area contributed by atoms with Gasteiger partial charge in [0.2, 0.25) is 5.13 Å². The van der Waals surface area contributed by atoms with Crippen LogP contribution in [0.2, 0.25) is 0 Å². The number of imidazole rings is 1. The number of nitrogens with zero attached hydrogens (tertiary/aromatic N) is 4. The molecule has 0 aliphatic rings. The summed E-state index contributed by atoms with van der Waals surface area (Å²) < 4.78 is 1.80. The van der Waals surface area contributed by atoms with Crippen molar-refractivity contribution in [3.8, 4) is 0 Å². The van der Waals surface area contributed by atoms with Crippen LogP contribution in [0.4, 0.5) is 5.13 Å². The van der Waals surface area contributed by atoms with Crippen LogP contribution in [0.5, 0.6) is 0 Å². The first kappa shape index (κ1) is 15.1. The molecule has 22 heavy (non-hydrogen) atoms. The number of nitrogens with one attached hydrogen (secondary N) is 1. The van der Waals surface area contributed by atoms with E-state index in [2.05, 4.69) is 34.3 Å². The van der Waals surface area contributed by atoms with Crippen molar-refractivity contribution >= 4 is 38.7 Å². The van der Waals surface area contributed by atoms with E-state index in [1.807, 2.05) is 18.5 Å². The van der Waals surface area contributed by atoms with Gasteiger partial charge in [0.05, 0.1) is 5.69 Å². The highest BCUT2D eigenvalue weighted by molar-refractivity contribution is 7.15. The van der Waals surface area contributed by atoms with E-state index in [9.17, 15) is 4.79 Å². The monoisotopic (exact) mass is 335 g/mol. The fraction of sp³-hybridized carbons (Fsp3) is 0.429. The van der Waals surface area contributed by atoms with Gasteiger partial charge in [0.15, 0.2) is 4.96 Å². The first-order valence-corrected chi connectivity index (χ1v) is 8.86. The highest BCUT2D eigenvalue weighted by Crippen LogP contribution is 2.27. The van der Waals surface area contributed by atoms with Crippen molar-refractivity contribution in [2.24, 2.45) is 0 Å². The summed E-state index contributed by atoms with van der Waals surface area (Å²) >= 11 is 2.94. The molecule has 3 rings (SSSR count). The zero-order chi connectivity index (χ0) is 15.7. The number of carbonyl (C=O) groups is 1. The zero-order valence-electron chi connectivity index (χ0n) is 12.7. The van der Waals surface area contributed by atoms with Gasteiger partial charge in [-0.3, -0.25) is 14.5 Å². The van der Waals surface area contributed by atoms with Crippen molar-refractivity contribution < 1.29 is 4.79 Å². The number of thiazole rings is 1. The highest BCUT2D eigenvalue weighted by Gasteiger charge is 2.19. The number of anilines is 1. The van der Waals surface area contributed by atoms with Crippen LogP contribution < -0.4 is 5.32 Å². The average molecular weight is 335 g/mol. The number of hydrogen-bond donors (Lipinski definition) is 1. The molecule has 0 aliphatic heterocycles. The maximum atomic E-state index is 12.5. The lowest BCUT2D eigenvalue weighted by Crippen LogP contribution is -2.15. The Morgan fingerprint density at radius 2 is 2.27 bits per heavy atom. The van der Waals surface area contributed by atoms with Gasteiger partial charge in [-0.15, -0.1) is 21.5 Å². The lowest BCUT2D eigenvalue weighted by molar-refractivity contribution is 0.102. The second-order valence-electron chi connectivity index (χ2n) is 5.19. The Hall–Kier alpha value is -1.80. The maximum Gasteiger partial charge on any atom is 0.276 e. The predicted molar refractivity (Wildman–Crippen MR) is 89.0 cm³/mol. The van der Waals surface area contributed by atoms with Gasteiger partial charge in [-0.05, 0) is 13.3 Å². The molecule has 1 N–H and O–H groups in total. The third kappa shape index (κ3) is 2.76. The van der Waals surface area contributed by atoms with E-state index in [1.165, 1.54) is 22.7 Å². The number of rotatable bonds is 5. The molecule has 0 aromatic carbocycles. The van der Waals surface area contributed by atoms with Crippen molar-refractivity contribution in [1.29, 1.82) is 0 Å². The Kier molecular flexibility index (Phi) is 4.21. The molecular weight excluding hydrogens is 318 g/mol. The minimum Gasteiger partial charge on any atom is -0.295 e. The van der Waals surface area contributed by atoms with E-state index in [0.29, 0.717) is 22.4 Å². The fourth-order valence-corrected chi connectivity index (χ4v) is 3.95. The SMILES string of the molecule is CCC[C@@H](C)c1nnc(NC(=O)c2c(C)nc3sccn23)s1. The Labute approximate surface area is 136 Å². The van der Waals surface area contributed by atoms with Crippen LogP contribution >= 0.6 is 22.7 Å². The molecule has 0 bridgehead atoms. The second-order valence-corrected chi connectivity index (χ2v) is 7.07. The van der Waals surface area contributed by atoms with Crippen molar-refractivity contribution in [1.82, 2.24) is 19.6 Å². The first-order valence-electron chi connectivity index (χ1n) is 7.17. The number of aromatic nitrogens is 4. The summed E-state index contributed by atoms with van der Waals surface area (Å²) in [6.45, 7) is 6.11. The third-order valence-electron chi connectivity index (χ3n) is 3.46. The predicted octanol–water partition coefficient (Wildman–Crippen LogP) is 3.71. The summed E-state index contributed by atoms with van der Waals surface area (Å²) in [6.07, 6.45) is 4.02. The zero-order valence-corrected chi connectivity index (χ0v) is 14.3. The van der Waals surface area contributed by atoms with Gasteiger partial charge >= 0.3 is 0 Å². The lowest BCUT2D eigenvalue weighted by Gasteiger charge is -2.03. The second kappa shape index (κ2) is 6.13. The summed E-state index contributed by atoms with van der Waals surface area (Å²) in [5.41, 5.74) is 1.27. The molecule has 3 heterocycles. The largest absolute Gasteiger partial charge is 0.295 e. The van der Waals surface area contributed by atoms with Gasteiger partial charge in [-0.25, -0.2) is 4.98 Å². The van der Waals surface area contributed by atoms with E-state index >= 15 is 0 Å². The summed E-state index contributed by atoms with van der Waals surface area (Å²) in [6, 6.07) is 0. The smallest absolute Gasteiger partial charge is 0.276 e. The van der Waals surface area contributed by atoms with Crippen LogP contribution in [0.15, 0.2) is 11.6 Å². The van der Waals surface area contributed by atoms with Crippen LogP contribution in [-0.2, 0) is 0 Å². The fourth-order valence-electron chi connectivity index (χ4n) is 2.36. The summed E-state index contributed by atoms with van der Waals surface area (Å²) in [7, 11) is 0. The van der Waals surface area contributed by atoms with Crippen molar-refractivity contribution in [3.05, 3.63) is 28.0 Å². The minimum absolute atomic E-state index is 0.200.